The lowest BCUT2D eigenvalue weighted by molar-refractivity contribution is -0.122. The zero-order valence-corrected chi connectivity index (χ0v) is 16.0. The van der Waals surface area contributed by atoms with Crippen LogP contribution in [0.25, 0.3) is 11.0 Å². The molecule has 7 nitrogen and oxygen atoms in total. The molecule has 7 heteroatoms. The van der Waals surface area contributed by atoms with E-state index in [2.05, 4.69) is 5.32 Å². The van der Waals surface area contributed by atoms with Gasteiger partial charge in [0.2, 0.25) is 0 Å². The molecule has 2 aromatic carbocycles. The van der Waals surface area contributed by atoms with E-state index in [-0.39, 0.29) is 5.56 Å². The number of furan rings is 1. The van der Waals surface area contributed by atoms with E-state index in [1.807, 2.05) is 6.07 Å². The summed E-state index contributed by atoms with van der Waals surface area (Å²) >= 11 is 0. The monoisotopic (exact) mass is 403 g/mol. The maximum absolute atomic E-state index is 13.1. The van der Waals surface area contributed by atoms with Crippen LogP contribution in [0, 0.1) is 0 Å². The van der Waals surface area contributed by atoms with E-state index in [9.17, 15) is 9.59 Å². The Morgan fingerprint density at radius 3 is 2.57 bits per heavy atom. The number of hydrogen-bond donors (Lipinski definition) is 1. The van der Waals surface area contributed by atoms with Crippen LogP contribution in [0.5, 0.6) is 11.5 Å². The van der Waals surface area contributed by atoms with Crippen LogP contribution in [-0.4, -0.2) is 19.1 Å². The zero-order valence-electron chi connectivity index (χ0n) is 16.0. The molecule has 3 heterocycles. The number of nitrogens with one attached hydrogen (secondary N) is 1. The van der Waals surface area contributed by atoms with Crippen molar-refractivity contribution >= 4 is 22.6 Å². The number of hydrogen-bond acceptors (Lipinski definition) is 6. The highest BCUT2D eigenvalue weighted by atomic mass is 16.5. The normalized spacial score (nSPS) is 17.4. The van der Waals surface area contributed by atoms with Gasteiger partial charge in [0.25, 0.3) is 5.91 Å². The molecule has 2 atom stereocenters. The molecule has 2 aromatic heterocycles. The van der Waals surface area contributed by atoms with Crippen molar-refractivity contribution in [3.05, 3.63) is 88.7 Å². The van der Waals surface area contributed by atoms with Gasteiger partial charge >= 0.3 is 5.63 Å². The van der Waals surface area contributed by atoms with Crippen LogP contribution in [0.4, 0.5) is 5.69 Å². The Bertz CT molecular complexity index is 1270. The van der Waals surface area contributed by atoms with Gasteiger partial charge in [0.05, 0.1) is 30.2 Å². The molecular weight excluding hydrogens is 386 g/mol. The van der Waals surface area contributed by atoms with Crippen molar-refractivity contribution in [3.63, 3.8) is 0 Å². The molecule has 0 saturated carbocycles. The Morgan fingerprint density at radius 1 is 1.03 bits per heavy atom. The quantitative estimate of drug-likeness (QED) is 0.519. The number of fused-ring (bicyclic) bond motifs is 3. The first-order chi connectivity index (χ1) is 14.7. The van der Waals surface area contributed by atoms with Gasteiger partial charge in [-0.3, -0.25) is 4.79 Å². The summed E-state index contributed by atoms with van der Waals surface area (Å²) in [6.45, 7) is 0. The van der Waals surface area contributed by atoms with Gasteiger partial charge in [0.1, 0.15) is 22.8 Å². The molecule has 1 aliphatic rings. The van der Waals surface area contributed by atoms with Gasteiger partial charge in [-0.2, -0.15) is 0 Å². The summed E-state index contributed by atoms with van der Waals surface area (Å²) in [6, 6.07) is 17.4. The van der Waals surface area contributed by atoms with Crippen LogP contribution in [0.15, 0.2) is 80.6 Å². The Morgan fingerprint density at radius 2 is 1.83 bits per heavy atom. The smallest absolute Gasteiger partial charge is 0.344 e. The van der Waals surface area contributed by atoms with Crippen molar-refractivity contribution in [2.24, 2.45) is 0 Å². The van der Waals surface area contributed by atoms with Crippen molar-refractivity contribution in [2.75, 3.05) is 12.4 Å². The number of carbonyl (C=O) groups is 1. The molecule has 0 fully saturated rings. The minimum atomic E-state index is -0.998. The molecule has 0 aliphatic carbocycles. The molecule has 5 rings (SSSR count). The summed E-state index contributed by atoms with van der Waals surface area (Å²) in [4.78, 5) is 25.9. The fraction of sp³-hybridized carbons (Fsp3) is 0.130. The average Bonchev–Trinajstić information content (AvgIpc) is 3.42. The molecule has 150 valence electrons. The van der Waals surface area contributed by atoms with Gasteiger partial charge < -0.3 is 23.6 Å². The number of para-hydroxylation sites is 1. The molecule has 30 heavy (non-hydrogen) atoms. The van der Waals surface area contributed by atoms with Gasteiger partial charge in [-0.05, 0) is 48.5 Å². The second-order valence-corrected chi connectivity index (χ2v) is 6.88. The Hall–Kier alpha value is -4.00. The lowest BCUT2D eigenvalue weighted by Gasteiger charge is -2.17. The minimum absolute atomic E-state index is 0.276. The highest BCUT2D eigenvalue weighted by molar-refractivity contribution is 5.97. The molecule has 0 saturated heterocycles. The molecule has 0 spiro atoms. The van der Waals surface area contributed by atoms with Crippen LogP contribution >= 0.6 is 0 Å². The summed E-state index contributed by atoms with van der Waals surface area (Å²) in [7, 11) is 1.57. The van der Waals surface area contributed by atoms with E-state index in [1.165, 1.54) is 6.26 Å². The summed E-state index contributed by atoms with van der Waals surface area (Å²) in [5.41, 5.74) is 0.703. The van der Waals surface area contributed by atoms with E-state index in [0.717, 1.165) is 0 Å². The summed E-state index contributed by atoms with van der Waals surface area (Å²) in [6.07, 6.45) is 0.496. The first-order valence-corrected chi connectivity index (χ1v) is 9.36. The van der Waals surface area contributed by atoms with Crippen molar-refractivity contribution in [1.82, 2.24) is 0 Å². The number of ether oxygens (including phenoxy) is 2. The van der Waals surface area contributed by atoms with Gasteiger partial charge in [0, 0.05) is 5.69 Å². The van der Waals surface area contributed by atoms with Crippen molar-refractivity contribution in [1.29, 1.82) is 0 Å². The van der Waals surface area contributed by atoms with E-state index < -0.39 is 23.6 Å². The Kier molecular flexibility index (Phi) is 4.28. The SMILES string of the molecule is COc1ccc(NC(=O)[C@H]2Oc3c(c(=O)oc4ccccc34)[C@H]2c2ccco2)cc1. The van der Waals surface area contributed by atoms with E-state index >= 15 is 0 Å². The summed E-state index contributed by atoms with van der Waals surface area (Å²) in [5, 5.41) is 3.46. The number of amides is 1. The largest absolute Gasteiger partial charge is 0.497 e. The number of rotatable bonds is 4. The Balaban J connectivity index is 1.57. The van der Waals surface area contributed by atoms with Gasteiger partial charge in [0.15, 0.2) is 6.10 Å². The van der Waals surface area contributed by atoms with Gasteiger partial charge in [-0.15, -0.1) is 0 Å². The van der Waals surface area contributed by atoms with E-state index in [4.69, 9.17) is 18.3 Å². The highest BCUT2D eigenvalue weighted by Crippen LogP contribution is 2.44. The lowest BCUT2D eigenvalue weighted by Crippen LogP contribution is -2.35. The third-order valence-corrected chi connectivity index (χ3v) is 5.12. The van der Waals surface area contributed by atoms with Crippen LogP contribution in [0.1, 0.15) is 17.2 Å². The predicted molar refractivity (Wildman–Crippen MR) is 109 cm³/mol. The first kappa shape index (κ1) is 18.1. The van der Waals surface area contributed by atoms with Crippen LogP contribution in [0.2, 0.25) is 0 Å². The molecule has 1 amide bonds. The van der Waals surface area contributed by atoms with Crippen molar-refractivity contribution in [3.8, 4) is 11.5 Å². The number of anilines is 1. The highest BCUT2D eigenvalue weighted by Gasteiger charge is 2.45. The summed E-state index contributed by atoms with van der Waals surface area (Å²) < 4.78 is 22.2. The molecule has 0 radical (unpaired) electrons. The van der Waals surface area contributed by atoms with Gasteiger partial charge in [-0.1, -0.05) is 12.1 Å². The number of methoxy groups -OCH3 is 1. The van der Waals surface area contributed by atoms with Crippen LogP contribution in [-0.2, 0) is 4.79 Å². The first-order valence-electron chi connectivity index (χ1n) is 9.36. The summed E-state index contributed by atoms with van der Waals surface area (Å²) in [5.74, 6) is 0.342. The molecule has 4 aromatic rings. The maximum atomic E-state index is 13.1. The maximum Gasteiger partial charge on any atom is 0.344 e. The fourth-order valence-electron chi connectivity index (χ4n) is 3.73. The second-order valence-electron chi connectivity index (χ2n) is 6.88. The lowest BCUT2D eigenvalue weighted by atomic mass is 9.93. The molecule has 1 N–H and O–H groups in total. The third kappa shape index (κ3) is 2.91. The number of benzene rings is 2. The molecule has 0 bridgehead atoms. The van der Waals surface area contributed by atoms with Crippen molar-refractivity contribution in [2.45, 2.75) is 12.0 Å². The van der Waals surface area contributed by atoms with E-state index in [1.54, 1.807) is 61.7 Å². The fourth-order valence-corrected chi connectivity index (χ4v) is 3.73. The van der Waals surface area contributed by atoms with Gasteiger partial charge in [-0.25, -0.2) is 4.79 Å². The minimum Gasteiger partial charge on any atom is -0.497 e. The second kappa shape index (κ2) is 7.11. The zero-order chi connectivity index (χ0) is 20.7. The van der Waals surface area contributed by atoms with Crippen LogP contribution < -0.4 is 20.4 Å². The molecular formula is C23H17NO6. The van der Waals surface area contributed by atoms with E-state index in [0.29, 0.717) is 33.9 Å². The topological polar surface area (TPSA) is 90.9 Å². The predicted octanol–water partition coefficient (Wildman–Crippen LogP) is 3.93. The number of carbonyl (C=O) groups excluding carboxylic acids is 1. The molecule has 1 aliphatic heterocycles. The Labute approximate surface area is 170 Å². The third-order valence-electron chi connectivity index (χ3n) is 5.12. The molecule has 0 unspecified atom stereocenters. The van der Waals surface area contributed by atoms with Crippen molar-refractivity contribution < 1.29 is 23.1 Å². The van der Waals surface area contributed by atoms with Crippen LogP contribution in [0.3, 0.4) is 0 Å². The average molecular weight is 403 g/mol. The standard InChI is InChI=1S/C23H17NO6/c1-27-14-10-8-13(9-11-14)24-22(25)21-18(17-7-4-12-28-17)19-20(30-21)15-5-2-3-6-16(15)29-23(19)26/h2-12,18,21H,1H3,(H,24,25)/t18-,21+/m1/s1.